The molecule has 1 aromatic heterocycles. The first-order chi connectivity index (χ1) is 8.93. The van der Waals surface area contributed by atoms with E-state index in [2.05, 4.69) is 4.98 Å². The van der Waals surface area contributed by atoms with Gasteiger partial charge in [0.25, 0.3) is 0 Å². The molecule has 1 saturated heterocycles. The van der Waals surface area contributed by atoms with E-state index >= 15 is 0 Å². The lowest BCUT2D eigenvalue weighted by atomic mass is 10.0. The molecule has 7 heteroatoms. The average Bonchev–Trinajstić information content (AvgIpc) is 2.94. The van der Waals surface area contributed by atoms with Gasteiger partial charge in [-0.05, 0) is 19.3 Å². The zero-order valence-electron chi connectivity index (χ0n) is 11.1. The fourth-order valence-corrected chi connectivity index (χ4v) is 4.29. The Labute approximate surface area is 112 Å². The molecular formula is C12H18N2O4S. The molecule has 2 rings (SSSR count). The van der Waals surface area contributed by atoms with E-state index in [9.17, 15) is 13.2 Å². The van der Waals surface area contributed by atoms with E-state index in [0.717, 1.165) is 5.82 Å². The fraction of sp³-hybridized carbons (Fsp3) is 0.667. The Morgan fingerprint density at radius 2 is 2.37 bits per heavy atom. The van der Waals surface area contributed by atoms with E-state index in [4.69, 9.17) is 4.74 Å². The van der Waals surface area contributed by atoms with Gasteiger partial charge in [-0.3, -0.25) is 0 Å². The molecule has 0 amide bonds. The minimum Gasteiger partial charge on any atom is -0.467 e. The maximum atomic E-state index is 11.5. The number of hydrogen-bond acceptors (Lipinski definition) is 5. The van der Waals surface area contributed by atoms with Crippen molar-refractivity contribution in [1.29, 1.82) is 0 Å². The van der Waals surface area contributed by atoms with Crippen molar-refractivity contribution in [2.75, 3.05) is 18.6 Å². The number of sulfone groups is 1. The van der Waals surface area contributed by atoms with Crippen molar-refractivity contribution in [3.63, 3.8) is 0 Å². The molecule has 2 heterocycles. The molecule has 0 aromatic carbocycles. The van der Waals surface area contributed by atoms with Crippen LogP contribution in [0.1, 0.15) is 25.2 Å². The fourth-order valence-electron chi connectivity index (χ4n) is 2.43. The van der Waals surface area contributed by atoms with Crippen molar-refractivity contribution in [2.45, 2.75) is 25.8 Å². The van der Waals surface area contributed by atoms with Gasteiger partial charge in [-0.1, -0.05) is 0 Å². The number of carbonyl (C=O) groups is 1. The van der Waals surface area contributed by atoms with Crippen LogP contribution in [0.15, 0.2) is 12.4 Å². The molecular weight excluding hydrogens is 268 g/mol. The van der Waals surface area contributed by atoms with Crippen molar-refractivity contribution >= 4 is 15.8 Å². The smallest absolute Gasteiger partial charge is 0.328 e. The van der Waals surface area contributed by atoms with Gasteiger partial charge in [-0.15, -0.1) is 0 Å². The first kappa shape index (κ1) is 14.0. The van der Waals surface area contributed by atoms with Crippen LogP contribution >= 0.6 is 0 Å². The third-order valence-corrected chi connectivity index (χ3v) is 5.34. The summed E-state index contributed by atoms with van der Waals surface area (Å²) in [6.07, 6.45) is 4.59. The van der Waals surface area contributed by atoms with Crippen LogP contribution in [-0.4, -0.2) is 42.6 Å². The van der Waals surface area contributed by atoms with Gasteiger partial charge in [0.15, 0.2) is 9.84 Å². The van der Waals surface area contributed by atoms with E-state index in [-0.39, 0.29) is 23.4 Å². The molecule has 0 N–H and O–H groups in total. The van der Waals surface area contributed by atoms with Crippen LogP contribution in [0, 0.1) is 5.92 Å². The number of imidazole rings is 1. The number of carbonyl (C=O) groups excluding carboxylic acids is 1. The highest BCUT2D eigenvalue weighted by atomic mass is 32.2. The predicted octanol–water partition coefficient (Wildman–Crippen LogP) is 0.594. The number of nitrogens with zero attached hydrogens (tertiary/aromatic N) is 2. The summed E-state index contributed by atoms with van der Waals surface area (Å²) < 4.78 is 29.3. The van der Waals surface area contributed by atoms with Crippen molar-refractivity contribution < 1.29 is 17.9 Å². The molecule has 0 saturated carbocycles. The summed E-state index contributed by atoms with van der Waals surface area (Å²) >= 11 is 0. The maximum Gasteiger partial charge on any atom is 0.328 e. The Balaban J connectivity index is 2.10. The van der Waals surface area contributed by atoms with Crippen LogP contribution in [0.5, 0.6) is 0 Å². The zero-order chi connectivity index (χ0) is 14.0. The largest absolute Gasteiger partial charge is 0.467 e. The van der Waals surface area contributed by atoms with Crippen LogP contribution in [0.3, 0.4) is 0 Å². The van der Waals surface area contributed by atoms with Crippen LogP contribution in [0.2, 0.25) is 0 Å². The highest BCUT2D eigenvalue weighted by molar-refractivity contribution is 7.91. The summed E-state index contributed by atoms with van der Waals surface area (Å²) in [5, 5.41) is 0. The van der Waals surface area contributed by atoms with E-state index in [1.54, 1.807) is 23.9 Å². The minimum absolute atomic E-state index is 0.0935. The Bertz CT molecular complexity index is 564. The molecule has 0 spiro atoms. The summed E-state index contributed by atoms with van der Waals surface area (Å²) in [6, 6.07) is -0.444. The summed E-state index contributed by atoms with van der Waals surface area (Å²) in [5.74, 6) is 0.964. The molecule has 2 atom stereocenters. The second-order valence-corrected chi connectivity index (χ2v) is 7.15. The molecule has 1 aliphatic rings. The molecule has 0 aliphatic carbocycles. The van der Waals surface area contributed by atoms with E-state index < -0.39 is 15.9 Å². The molecule has 19 heavy (non-hydrogen) atoms. The average molecular weight is 286 g/mol. The van der Waals surface area contributed by atoms with Crippen LogP contribution in [0.25, 0.3) is 0 Å². The highest BCUT2D eigenvalue weighted by Gasteiger charge is 2.29. The number of hydrogen-bond donors (Lipinski definition) is 0. The molecule has 2 unspecified atom stereocenters. The van der Waals surface area contributed by atoms with Crippen molar-refractivity contribution in [2.24, 2.45) is 5.92 Å². The first-order valence-electron chi connectivity index (χ1n) is 6.23. The number of aromatic nitrogens is 2. The minimum atomic E-state index is -2.88. The Morgan fingerprint density at radius 3 is 2.95 bits per heavy atom. The van der Waals surface area contributed by atoms with Crippen LogP contribution < -0.4 is 0 Å². The lowest BCUT2D eigenvalue weighted by molar-refractivity contribution is -0.144. The topological polar surface area (TPSA) is 78.3 Å². The van der Waals surface area contributed by atoms with E-state index in [1.807, 2.05) is 0 Å². The third kappa shape index (κ3) is 3.15. The van der Waals surface area contributed by atoms with Gasteiger partial charge in [0.2, 0.25) is 0 Å². The molecule has 1 aromatic rings. The quantitative estimate of drug-likeness (QED) is 0.757. The van der Waals surface area contributed by atoms with Gasteiger partial charge >= 0.3 is 5.97 Å². The number of rotatable bonds is 4. The molecule has 106 valence electrons. The SMILES string of the molecule is COC(=O)C(C)n1ccnc1CC1CCS(=O)(=O)C1. The molecule has 1 fully saturated rings. The number of ether oxygens (including phenoxy) is 1. The standard InChI is InChI=1S/C12H18N2O4S/c1-9(12(15)18-2)14-5-4-13-11(14)7-10-3-6-19(16,17)8-10/h4-5,9-10H,3,6-8H2,1-2H3. The van der Waals surface area contributed by atoms with E-state index in [1.165, 1.54) is 7.11 Å². The summed E-state index contributed by atoms with van der Waals surface area (Å²) in [4.78, 5) is 15.8. The Morgan fingerprint density at radius 1 is 1.63 bits per heavy atom. The second-order valence-electron chi connectivity index (χ2n) is 4.92. The normalized spacial score (nSPS) is 23.2. The second kappa shape index (κ2) is 5.32. The van der Waals surface area contributed by atoms with Gasteiger partial charge in [-0.2, -0.15) is 0 Å². The number of methoxy groups -OCH3 is 1. The number of esters is 1. The Kier molecular flexibility index (Phi) is 3.93. The van der Waals surface area contributed by atoms with Crippen LogP contribution in [0.4, 0.5) is 0 Å². The van der Waals surface area contributed by atoms with Gasteiger partial charge in [0.1, 0.15) is 11.9 Å². The molecule has 1 aliphatic heterocycles. The zero-order valence-corrected chi connectivity index (χ0v) is 11.9. The van der Waals surface area contributed by atoms with Gasteiger partial charge in [0, 0.05) is 18.8 Å². The first-order valence-corrected chi connectivity index (χ1v) is 8.05. The van der Waals surface area contributed by atoms with Crippen LogP contribution in [-0.2, 0) is 25.8 Å². The van der Waals surface area contributed by atoms with E-state index in [0.29, 0.717) is 12.8 Å². The maximum absolute atomic E-state index is 11.5. The monoisotopic (exact) mass is 286 g/mol. The third-order valence-electron chi connectivity index (χ3n) is 3.51. The van der Waals surface area contributed by atoms with Gasteiger partial charge in [-0.25, -0.2) is 18.2 Å². The molecule has 6 nitrogen and oxygen atoms in total. The summed E-state index contributed by atoms with van der Waals surface area (Å²) in [6.45, 7) is 1.74. The van der Waals surface area contributed by atoms with Crippen molar-refractivity contribution in [3.8, 4) is 0 Å². The lowest BCUT2D eigenvalue weighted by Gasteiger charge is -2.15. The van der Waals surface area contributed by atoms with Gasteiger partial charge in [0.05, 0.1) is 18.6 Å². The summed E-state index contributed by atoms with van der Waals surface area (Å²) in [7, 11) is -1.54. The van der Waals surface area contributed by atoms with Gasteiger partial charge < -0.3 is 9.30 Å². The molecule has 0 bridgehead atoms. The van der Waals surface area contributed by atoms with Crippen molar-refractivity contribution in [3.05, 3.63) is 18.2 Å². The Hall–Kier alpha value is -1.37. The predicted molar refractivity (Wildman–Crippen MR) is 69.4 cm³/mol. The molecule has 0 radical (unpaired) electrons. The lowest BCUT2D eigenvalue weighted by Crippen LogP contribution is -2.21. The summed E-state index contributed by atoms with van der Waals surface area (Å²) in [5.41, 5.74) is 0. The highest BCUT2D eigenvalue weighted by Crippen LogP contribution is 2.23. The van der Waals surface area contributed by atoms with Crippen molar-refractivity contribution in [1.82, 2.24) is 9.55 Å².